The summed E-state index contributed by atoms with van der Waals surface area (Å²) in [6, 6.07) is 15.5. The fourth-order valence-electron chi connectivity index (χ4n) is 3.41. The SMILES string of the molecule is CCC(C(=O)NCC(C)C)N(Cc1ccc(OC)cc1)C(=O)CSCc1cccc(C)c1. The molecule has 0 radical (unpaired) electrons. The second kappa shape index (κ2) is 13.2. The van der Waals surface area contributed by atoms with Crippen molar-refractivity contribution in [1.82, 2.24) is 10.2 Å². The molecule has 1 N–H and O–H groups in total. The fourth-order valence-corrected chi connectivity index (χ4v) is 4.27. The van der Waals surface area contributed by atoms with Gasteiger partial charge in [-0.1, -0.05) is 62.7 Å². The Morgan fingerprint density at radius 2 is 1.81 bits per heavy atom. The zero-order chi connectivity index (χ0) is 23.5. The molecule has 32 heavy (non-hydrogen) atoms. The van der Waals surface area contributed by atoms with Gasteiger partial charge in [0.05, 0.1) is 12.9 Å². The first-order valence-electron chi connectivity index (χ1n) is 11.2. The van der Waals surface area contributed by atoms with E-state index in [1.807, 2.05) is 37.3 Å². The van der Waals surface area contributed by atoms with Gasteiger partial charge in [-0.05, 0) is 42.5 Å². The molecule has 0 bridgehead atoms. The number of aryl methyl sites for hydroxylation is 1. The molecular weight excluding hydrogens is 420 g/mol. The van der Waals surface area contributed by atoms with Gasteiger partial charge in [0.25, 0.3) is 0 Å². The third-order valence-electron chi connectivity index (χ3n) is 5.16. The first kappa shape index (κ1) is 25.8. The molecule has 0 spiro atoms. The number of thioether (sulfide) groups is 1. The van der Waals surface area contributed by atoms with Gasteiger partial charge in [-0.15, -0.1) is 11.8 Å². The lowest BCUT2D eigenvalue weighted by Gasteiger charge is -2.31. The lowest BCUT2D eigenvalue weighted by atomic mass is 10.1. The van der Waals surface area contributed by atoms with Gasteiger partial charge in [-0.3, -0.25) is 9.59 Å². The Morgan fingerprint density at radius 1 is 1.09 bits per heavy atom. The van der Waals surface area contributed by atoms with Crippen LogP contribution < -0.4 is 10.1 Å². The van der Waals surface area contributed by atoms with Gasteiger partial charge in [0.1, 0.15) is 11.8 Å². The van der Waals surface area contributed by atoms with Crippen molar-refractivity contribution in [3.63, 3.8) is 0 Å². The Kier molecular flexibility index (Phi) is 10.6. The van der Waals surface area contributed by atoms with Gasteiger partial charge in [0.15, 0.2) is 0 Å². The summed E-state index contributed by atoms with van der Waals surface area (Å²) in [7, 11) is 1.63. The number of nitrogens with one attached hydrogen (secondary N) is 1. The van der Waals surface area contributed by atoms with Crippen molar-refractivity contribution in [3.8, 4) is 5.75 Å². The minimum absolute atomic E-state index is 0.0231. The Balaban J connectivity index is 2.12. The molecule has 0 saturated heterocycles. The summed E-state index contributed by atoms with van der Waals surface area (Å²) in [5, 5.41) is 3.00. The number of methoxy groups -OCH3 is 1. The molecule has 0 heterocycles. The minimum atomic E-state index is -0.497. The molecule has 0 saturated carbocycles. The fraction of sp³-hybridized carbons (Fsp3) is 0.462. The van der Waals surface area contributed by atoms with Crippen molar-refractivity contribution in [2.75, 3.05) is 19.4 Å². The van der Waals surface area contributed by atoms with E-state index in [1.54, 1.807) is 23.8 Å². The van der Waals surface area contributed by atoms with Crippen LogP contribution in [0.2, 0.25) is 0 Å². The van der Waals surface area contributed by atoms with E-state index in [0.717, 1.165) is 17.1 Å². The molecule has 2 amide bonds. The molecule has 0 aliphatic rings. The van der Waals surface area contributed by atoms with Gasteiger partial charge >= 0.3 is 0 Å². The molecular formula is C26H36N2O3S. The zero-order valence-electron chi connectivity index (χ0n) is 19.9. The Labute approximate surface area is 196 Å². The van der Waals surface area contributed by atoms with Crippen LogP contribution in [0.1, 0.15) is 43.9 Å². The van der Waals surface area contributed by atoms with Crippen molar-refractivity contribution in [2.24, 2.45) is 5.92 Å². The largest absolute Gasteiger partial charge is 0.497 e. The average Bonchev–Trinajstić information content (AvgIpc) is 2.78. The summed E-state index contributed by atoms with van der Waals surface area (Å²) in [6.45, 7) is 9.13. The predicted octanol–water partition coefficient (Wildman–Crippen LogP) is 4.82. The third-order valence-corrected chi connectivity index (χ3v) is 6.15. The van der Waals surface area contributed by atoms with E-state index in [9.17, 15) is 9.59 Å². The number of ether oxygens (including phenoxy) is 1. The maximum absolute atomic E-state index is 13.3. The molecule has 0 aliphatic heterocycles. The van der Waals surface area contributed by atoms with E-state index >= 15 is 0 Å². The lowest BCUT2D eigenvalue weighted by Crippen LogP contribution is -2.50. The van der Waals surface area contributed by atoms with Crippen LogP contribution in [0.3, 0.4) is 0 Å². The second-order valence-electron chi connectivity index (χ2n) is 8.41. The van der Waals surface area contributed by atoms with Crippen molar-refractivity contribution in [3.05, 3.63) is 65.2 Å². The standard InChI is InChI=1S/C26H36N2O3S/c1-6-24(26(30)27-15-19(2)3)28(16-21-10-12-23(31-5)13-11-21)25(29)18-32-17-22-9-7-8-20(4)14-22/h7-14,19,24H,6,15-18H2,1-5H3,(H,27,30). The highest BCUT2D eigenvalue weighted by Crippen LogP contribution is 2.19. The van der Waals surface area contributed by atoms with Gasteiger partial charge in [-0.2, -0.15) is 0 Å². The number of hydrogen-bond donors (Lipinski definition) is 1. The average molecular weight is 457 g/mol. The molecule has 6 heteroatoms. The summed E-state index contributed by atoms with van der Waals surface area (Å²) in [5.41, 5.74) is 3.38. The van der Waals surface area contributed by atoms with Crippen LogP contribution in [0.25, 0.3) is 0 Å². The topological polar surface area (TPSA) is 58.6 Å². The lowest BCUT2D eigenvalue weighted by molar-refractivity contribution is -0.139. The summed E-state index contributed by atoms with van der Waals surface area (Å²) >= 11 is 1.58. The van der Waals surface area contributed by atoms with E-state index < -0.39 is 6.04 Å². The number of rotatable bonds is 12. The van der Waals surface area contributed by atoms with Crippen LogP contribution >= 0.6 is 11.8 Å². The number of amides is 2. The number of benzene rings is 2. The summed E-state index contributed by atoms with van der Waals surface area (Å²) < 4.78 is 5.24. The van der Waals surface area contributed by atoms with Crippen LogP contribution in [0.4, 0.5) is 0 Å². The normalized spacial score (nSPS) is 11.8. The summed E-state index contributed by atoms with van der Waals surface area (Å²) in [6.07, 6.45) is 0.564. The van der Waals surface area contributed by atoms with Crippen LogP contribution in [0.5, 0.6) is 5.75 Å². The highest BCUT2D eigenvalue weighted by atomic mass is 32.2. The predicted molar refractivity (Wildman–Crippen MR) is 133 cm³/mol. The molecule has 174 valence electrons. The van der Waals surface area contributed by atoms with E-state index in [0.29, 0.717) is 31.2 Å². The molecule has 0 aliphatic carbocycles. The van der Waals surface area contributed by atoms with Crippen molar-refractivity contribution in [2.45, 2.75) is 52.5 Å². The number of carbonyl (C=O) groups is 2. The zero-order valence-corrected chi connectivity index (χ0v) is 20.7. The summed E-state index contributed by atoms with van der Waals surface area (Å²) in [4.78, 5) is 27.9. The maximum Gasteiger partial charge on any atom is 0.242 e. The minimum Gasteiger partial charge on any atom is -0.497 e. The smallest absolute Gasteiger partial charge is 0.242 e. The molecule has 1 atom stereocenters. The molecule has 0 aromatic heterocycles. The molecule has 5 nitrogen and oxygen atoms in total. The highest BCUT2D eigenvalue weighted by molar-refractivity contribution is 7.99. The Morgan fingerprint density at radius 3 is 2.41 bits per heavy atom. The monoisotopic (exact) mass is 456 g/mol. The van der Waals surface area contributed by atoms with Crippen LogP contribution in [-0.4, -0.2) is 42.2 Å². The quantitative estimate of drug-likeness (QED) is 0.498. The van der Waals surface area contributed by atoms with Crippen LogP contribution in [0, 0.1) is 12.8 Å². The van der Waals surface area contributed by atoms with Crippen LogP contribution in [-0.2, 0) is 21.9 Å². The first-order valence-corrected chi connectivity index (χ1v) is 12.3. The highest BCUT2D eigenvalue weighted by Gasteiger charge is 2.28. The van der Waals surface area contributed by atoms with Crippen molar-refractivity contribution in [1.29, 1.82) is 0 Å². The van der Waals surface area contributed by atoms with E-state index in [4.69, 9.17) is 4.74 Å². The first-order chi connectivity index (χ1) is 15.3. The molecule has 1 unspecified atom stereocenters. The van der Waals surface area contributed by atoms with Crippen molar-refractivity contribution < 1.29 is 14.3 Å². The van der Waals surface area contributed by atoms with Gasteiger partial charge < -0.3 is 15.0 Å². The number of hydrogen-bond acceptors (Lipinski definition) is 4. The molecule has 2 aromatic rings. The van der Waals surface area contributed by atoms with Gasteiger partial charge in [0.2, 0.25) is 11.8 Å². The van der Waals surface area contributed by atoms with Gasteiger partial charge in [-0.25, -0.2) is 0 Å². The number of nitrogens with zero attached hydrogens (tertiary/aromatic N) is 1. The molecule has 0 fully saturated rings. The third kappa shape index (κ3) is 8.23. The van der Waals surface area contributed by atoms with Crippen molar-refractivity contribution >= 4 is 23.6 Å². The second-order valence-corrected chi connectivity index (χ2v) is 9.40. The van der Waals surface area contributed by atoms with E-state index in [-0.39, 0.29) is 11.8 Å². The molecule has 2 aromatic carbocycles. The van der Waals surface area contributed by atoms with Crippen LogP contribution in [0.15, 0.2) is 48.5 Å². The van der Waals surface area contributed by atoms with E-state index in [2.05, 4.69) is 44.3 Å². The maximum atomic E-state index is 13.3. The molecule has 2 rings (SSSR count). The number of carbonyl (C=O) groups excluding carboxylic acids is 2. The Hall–Kier alpha value is -2.47. The van der Waals surface area contributed by atoms with E-state index in [1.165, 1.54) is 11.1 Å². The summed E-state index contributed by atoms with van der Waals surface area (Å²) in [5.74, 6) is 2.10. The van der Waals surface area contributed by atoms with Gasteiger partial charge in [0, 0.05) is 18.8 Å². The Bertz CT molecular complexity index is 868.